The van der Waals surface area contributed by atoms with Crippen LogP contribution >= 0.6 is 11.6 Å². The standard InChI is InChI=1S/C19H14ClF3N4O3/c1-9-8-10(15-25-18(19(21,22)23)27(2)26-15)6-7-13(9)24-16(28)11-4-3-5-12(20)14(11)17(29)30/h3-8H,1-2H3,(H,24,28)(H,29,30). The van der Waals surface area contributed by atoms with E-state index in [2.05, 4.69) is 15.4 Å². The van der Waals surface area contributed by atoms with E-state index >= 15 is 0 Å². The Morgan fingerprint density at radius 1 is 1.20 bits per heavy atom. The Hall–Kier alpha value is -3.40. The first-order valence-corrected chi connectivity index (χ1v) is 8.79. The highest BCUT2D eigenvalue weighted by atomic mass is 35.5. The average molecular weight is 439 g/mol. The van der Waals surface area contributed by atoms with Crippen molar-refractivity contribution in [2.24, 2.45) is 7.05 Å². The van der Waals surface area contributed by atoms with E-state index in [1.165, 1.54) is 36.4 Å². The van der Waals surface area contributed by atoms with E-state index in [1.54, 1.807) is 6.92 Å². The third kappa shape index (κ3) is 4.13. The molecule has 1 amide bonds. The molecule has 3 aromatic rings. The van der Waals surface area contributed by atoms with E-state index in [0.29, 0.717) is 21.5 Å². The molecule has 11 heteroatoms. The molecular formula is C19H14ClF3N4O3. The summed E-state index contributed by atoms with van der Waals surface area (Å²) in [5, 5.41) is 15.6. The summed E-state index contributed by atoms with van der Waals surface area (Å²) >= 11 is 5.88. The number of carbonyl (C=O) groups is 2. The minimum absolute atomic E-state index is 0.0797. The van der Waals surface area contributed by atoms with Crippen molar-refractivity contribution in [1.29, 1.82) is 0 Å². The van der Waals surface area contributed by atoms with Crippen LogP contribution in [0.2, 0.25) is 5.02 Å². The van der Waals surface area contributed by atoms with E-state index in [0.717, 1.165) is 7.05 Å². The second kappa shape index (κ2) is 7.79. The summed E-state index contributed by atoms with van der Waals surface area (Å²) in [7, 11) is 1.14. The summed E-state index contributed by atoms with van der Waals surface area (Å²) < 4.78 is 39.4. The van der Waals surface area contributed by atoms with E-state index in [-0.39, 0.29) is 22.0 Å². The number of alkyl halides is 3. The summed E-state index contributed by atoms with van der Waals surface area (Å²) in [5.41, 5.74) is 0.723. The fraction of sp³-hybridized carbons (Fsp3) is 0.158. The van der Waals surface area contributed by atoms with Gasteiger partial charge in [0, 0.05) is 18.3 Å². The van der Waals surface area contributed by atoms with Gasteiger partial charge in [-0.3, -0.25) is 4.79 Å². The Labute approximate surface area is 173 Å². The molecular weight excluding hydrogens is 425 g/mol. The number of amides is 1. The molecule has 30 heavy (non-hydrogen) atoms. The van der Waals surface area contributed by atoms with E-state index in [9.17, 15) is 27.9 Å². The van der Waals surface area contributed by atoms with Crippen LogP contribution in [0.5, 0.6) is 0 Å². The summed E-state index contributed by atoms with van der Waals surface area (Å²) in [6, 6.07) is 8.57. The topological polar surface area (TPSA) is 97.1 Å². The zero-order valence-corrected chi connectivity index (χ0v) is 16.3. The van der Waals surface area contributed by atoms with Crippen LogP contribution in [0.25, 0.3) is 11.4 Å². The van der Waals surface area contributed by atoms with Crippen LogP contribution in [-0.4, -0.2) is 31.7 Å². The predicted octanol–water partition coefficient (Wildman–Crippen LogP) is 4.41. The van der Waals surface area contributed by atoms with Crippen LogP contribution in [-0.2, 0) is 13.2 Å². The van der Waals surface area contributed by atoms with Crippen LogP contribution in [0.3, 0.4) is 0 Å². The van der Waals surface area contributed by atoms with Crippen LogP contribution in [0, 0.1) is 6.92 Å². The smallest absolute Gasteiger partial charge is 0.451 e. The molecule has 0 aliphatic carbocycles. The Morgan fingerprint density at radius 3 is 2.47 bits per heavy atom. The first kappa shape index (κ1) is 21.3. The van der Waals surface area contributed by atoms with Crippen molar-refractivity contribution in [3.8, 4) is 11.4 Å². The number of anilines is 1. The molecule has 0 aliphatic rings. The van der Waals surface area contributed by atoms with Gasteiger partial charge in [0.25, 0.3) is 5.91 Å². The van der Waals surface area contributed by atoms with Crippen molar-refractivity contribution in [3.63, 3.8) is 0 Å². The van der Waals surface area contributed by atoms with Crippen LogP contribution in [0.1, 0.15) is 32.1 Å². The first-order chi connectivity index (χ1) is 14.0. The highest BCUT2D eigenvalue weighted by Gasteiger charge is 2.37. The molecule has 0 fully saturated rings. The third-order valence-corrected chi connectivity index (χ3v) is 4.54. The van der Waals surface area contributed by atoms with Crippen LogP contribution in [0.4, 0.5) is 18.9 Å². The molecule has 2 N–H and O–H groups in total. The highest BCUT2D eigenvalue weighted by Crippen LogP contribution is 2.30. The Balaban J connectivity index is 1.90. The molecule has 0 saturated carbocycles. The number of hydrogen-bond donors (Lipinski definition) is 2. The quantitative estimate of drug-likeness (QED) is 0.628. The molecule has 1 aromatic heterocycles. The van der Waals surface area contributed by atoms with Crippen molar-refractivity contribution in [1.82, 2.24) is 14.8 Å². The number of aromatic carboxylic acids is 1. The fourth-order valence-electron chi connectivity index (χ4n) is 2.82. The van der Waals surface area contributed by atoms with Gasteiger partial charge in [-0.05, 0) is 42.8 Å². The van der Waals surface area contributed by atoms with Crippen molar-refractivity contribution < 1.29 is 27.9 Å². The lowest BCUT2D eigenvalue weighted by atomic mass is 10.1. The van der Waals surface area contributed by atoms with Gasteiger partial charge in [-0.1, -0.05) is 17.7 Å². The zero-order chi connectivity index (χ0) is 22.2. The monoisotopic (exact) mass is 438 g/mol. The largest absolute Gasteiger partial charge is 0.478 e. The molecule has 0 radical (unpaired) electrons. The zero-order valence-electron chi connectivity index (χ0n) is 15.6. The van der Waals surface area contributed by atoms with Crippen molar-refractivity contribution in [2.45, 2.75) is 13.1 Å². The van der Waals surface area contributed by atoms with Gasteiger partial charge in [0.05, 0.1) is 16.1 Å². The number of aryl methyl sites for hydroxylation is 2. The maximum Gasteiger partial charge on any atom is 0.451 e. The summed E-state index contributed by atoms with van der Waals surface area (Å²) in [4.78, 5) is 27.5. The number of nitrogens with one attached hydrogen (secondary N) is 1. The van der Waals surface area contributed by atoms with E-state index < -0.39 is 23.9 Å². The number of aromatic nitrogens is 3. The SMILES string of the molecule is Cc1cc(-c2nc(C(F)(F)F)n(C)n2)ccc1NC(=O)c1cccc(Cl)c1C(=O)O. The minimum atomic E-state index is -4.64. The summed E-state index contributed by atoms with van der Waals surface area (Å²) in [6.07, 6.45) is -4.64. The van der Waals surface area contributed by atoms with Gasteiger partial charge < -0.3 is 10.4 Å². The molecule has 0 unspecified atom stereocenters. The maximum absolute atomic E-state index is 12.9. The average Bonchev–Trinajstić information content (AvgIpc) is 3.05. The molecule has 2 aromatic carbocycles. The Bertz CT molecular complexity index is 1160. The van der Waals surface area contributed by atoms with Gasteiger partial charge in [0.2, 0.25) is 5.82 Å². The molecule has 0 bridgehead atoms. The van der Waals surface area contributed by atoms with Gasteiger partial charge in [-0.15, -0.1) is 0 Å². The predicted molar refractivity (Wildman–Crippen MR) is 103 cm³/mol. The van der Waals surface area contributed by atoms with Crippen LogP contribution in [0.15, 0.2) is 36.4 Å². The molecule has 7 nitrogen and oxygen atoms in total. The summed E-state index contributed by atoms with van der Waals surface area (Å²) in [6.45, 7) is 1.63. The lowest BCUT2D eigenvalue weighted by molar-refractivity contribution is -0.147. The number of carboxylic acids is 1. The molecule has 0 aliphatic heterocycles. The highest BCUT2D eigenvalue weighted by molar-refractivity contribution is 6.34. The van der Waals surface area contributed by atoms with Gasteiger partial charge >= 0.3 is 12.1 Å². The molecule has 156 valence electrons. The minimum Gasteiger partial charge on any atom is -0.478 e. The summed E-state index contributed by atoms with van der Waals surface area (Å²) in [5.74, 6) is -3.29. The number of rotatable bonds is 4. The van der Waals surface area contributed by atoms with Crippen molar-refractivity contribution in [3.05, 3.63) is 63.9 Å². The van der Waals surface area contributed by atoms with E-state index in [1.807, 2.05) is 0 Å². The second-order valence-corrected chi connectivity index (χ2v) is 6.74. The van der Waals surface area contributed by atoms with Gasteiger partial charge in [0.1, 0.15) is 0 Å². The van der Waals surface area contributed by atoms with Crippen LogP contribution < -0.4 is 5.32 Å². The fourth-order valence-corrected chi connectivity index (χ4v) is 3.07. The second-order valence-electron chi connectivity index (χ2n) is 6.33. The molecule has 0 atom stereocenters. The molecule has 3 rings (SSSR count). The maximum atomic E-state index is 12.9. The number of hydrogen-bond acceptors (Lipinski definition) is 4. The number of nitrogens with zero attached hydrogens (tertiary/aromatic N) is 3. The molecule has 1 heterocycles. The number of halogens is 4. The first-order valence-electron chi connectivity index (χ1n) is 8.41. The molecule has 0 spiro atoms. The Kier molecular flexibility index (Phi) is 5.53. The van der Waals surface area contributed by atoms with Gasteiger partial charge in [-0.2, -0.15) is 18.3 Å². The lowest BCUT2D eigenvalue weighted by Crippen LogP contribution is -2.17. The van der Waals surface area contributed by atoms with Gasteiger partial charge in [0.15, 0.2) is 5.82 Å². The third-order valence-electron chi connectivity index (χ3n) is 4.22. The number of benzene rings is 2. The van der Waals surface area contributed by atoms with Gasteiger partial charge in [-0.25, -0.2) is 14.5 Å². The molecule has 0 saturated heterocycles. The number of carboxylic acid groups (broad SMARTS) is 1. The van der Waals surface area contributed by atoms with Crippen molar-refractivity contribution >= 4 is 29.2 Å². The van der Waals surface area contributed by atoms with E-state index in [4.69, 9.17) is 11.6 Å². The lowest BCUT2D eigenvalue weighted by Gasteiger charge is -2.11. The van der Waals surface area contributed by atoms with Crippen molar-refractivity contribution in [2.75, 3.05) is 5.32 Å². The normalized spacial score (nSPS) is 11.4. The Morgan fingerprint density at radius 2 is 1.90 bits per heavy atom. The number of carbonyl (C=O) groups excluding carboxylic acids is 1.